The third-order valence-electron chi connectivity index (χ3n) is 1.17. The Bertz CT molecular complexity index is 167. The van der Waals surface area contributed by atoms with Crippen LogP contribution < -0.4 is 11.1 Å². The first-order valence-electron chi connectivity index (χ1n) is 3.22. The Morgan fingerprint density at radius 3 is 2.18 bits per heavy atom. The molecule has 3 amide bonds. The highest BCUT2D eigenvalue weighted by atomic mass is 16.2. The van der Waals surface area contributed by atoms with Gasteiger partial charge in [0.15, 0.2) is 0 Å². The van der Waals surface area contributed by atoms with Crippen molar-refractivity contribution in [1.82, 2.24) is 10.2 Å². The van der Waals surface area contributed by atoms with Gasteiger partial charge in [0.05, 0.1) is 0 Å². The Morgan fingerprint density at radius 2 is 1.91 bits per heavy atom. The van der Waals surface area contributed by atoms with Crippen LogP contribution in [0.3, 0.4) is 0 Å². The number of hydrogen-bond acceptors (Lipinski definition) is 2. The van der Waals surface area contributed by atoms with Gasteiger partial charge in [-0.1, -0.05) is 0 Å². The van der Waals surface area contributed by atoms with Crippen molar-refractivity contribution < 1.29 is 9.59 Å². The van der Waals surface area contributed by atoms with E-state index in [1.165, 1.54) is 4.90 Å². The number of carbonyl (C=O) groups excluding carboxylic acids is 2. The van der Waals surface area contributed by atoms with Crippen LogP contribution in [0.4, 0.5) is 4.79 Å². The molecule has 5 nitrogen and oxygen atoms in total. The summed E-state index contributed by atoms with van der Waals surface area (Å²) >= 11 is 0. The van der Waals surface area contributed by atoms with E-state index in [0.29, 0.717) is 0 Å². The summed E-state index contributed by atoms with van der Waals surface area (Å²) in [6.45, 7) is 1.58. The molecule has 11 heavy (non-hydrogen) atoms. The summed E-state index contributed by atoms with van der Waals surface area (Å²) in [7, 11) is 3.23. The van der Waals surface area contributed by atoms with Gasteiger partial charge in [0, 0.05) is 14.1 Å². The van der Waals surface area contributed by atoms with E-state index in [1.54, 1.807) is 21.0 Å². The average Bonchev–Trinajstić information content (AvgIpc) is 1.84. The molecule has 0 rings (SSSR count). The SMILES string of the molecule is CC(NC(N)=O)C(=O)N(C)C. The van der Waals surface area contributed by atoms with Crippen LogP contribution in [0, 0.1) is 0 Å². The van der Waals surface area contributed by atoms with Crippen molar-refractivity contribution in [2.24, 2.45) is 5.73 Å². The molecule has 0 aliphatic rings. The molecule has 0 bridgehead atoms. The van der Waals surface area contributed by atoms with E-state index >= 15 is 0 Å². The first kappa shape index (κ1) is 9.74. The minimum absolute atomic E-state index is 0.177. The van der Waals surface area contributed by atoms with Gasteiger partial charge in [-0.05, 0) is 6.92 Å². The topological polar surface area (TPSA) is 75.4 Å². The smallest absolute Gasteiger partial charge is 0.312 e. The number of likely N-dealkylation sites (N-methyl/N-ethyl adjacent to an activating group) is 1. The highest BCUT2D eigenvalue weighted by Gasteiger charge is 2.14. The first-order chi connectivity index (χ1) is 4.95. The quantitative estimate of drug-likeness (QED) is 0.549. The number of primary amides is 1. The van der Waals surface area contributed by atoms with Gasteiger partial charge in [0.1, 0.15) is 6.04 Å². The van der Waals surface area contributed by atoms with E-state index in [1.807, 2.05) is 0 Å². The van der Waals surface area contributed by atoms with Gasteiger partial charge in [-0.3, -0.25) is 4.79 Å². The predicted molar refractivity (Wildman–Crippen MR) is 40.9 cm³/mol. The standard InChI is InChI=1S/C6H13N3O2/c1-4(8-6(7)11)5(10)9(2)3/h4H,1-3H3,(H3,7,8,11). The summed E-state index contributed by atoms with van der Waals surface area (Å²) < 4.78 is 0. The van der Waals surface area contributed by atoms with Crippen LogP contribution >= 0.6 is 0 Å². The van der Waals surface area contributed by atoms with E-state index in [9.17, 15) is 9.59 Å². The fourth-order valence-corrected chi connectivity index (χ4v) is 0.662. The lowest BCUT2D eigenvalue weighted by Gasteiger charge is -2.16. The molecule has 0 aliphatic heterocycles. The Balaban J connectivity index is 3.93. The highest BCUT2D eigenvalue weighted by molar-refractivity contribution is 5.85. The van der Waals surface area contributed by atoms with E-state index in [4.69, 9.17) is 5.73 Å². The van der Waals surface area contributed by atoms with Crippen molar-refractivity contribution >= 4 is 11.9 Å². The highest BCUT2D eigenvalue weighted by Crippen LogP contribution is 1.86. The second-order valence-corrected chi connectivity index (χ2v) is 2.46. The van der Waals surface area contributed by atoms with Crippen molar-refractivity contribution in [3.8, 4) is 0 Å². The maximum atomic E-state index is 11.0. The van der Waals surface area contributed by atoms with Gasteiger partial charge in [-0.15, -0.1) is 0 Å². The van der Waals surface area contributed by atoms with Gasteiger partial charge in [0.25, 0.3) is 0 Å². The number of nitrogens with two attached hydrogens (primary N) is 1. The predicted octanol–water partition coefficient (Wildman–Crippen LogP) is -0.869. The van der Waals surface area contributed by atoms with Gasteiger partial charge in [0.2, 0.25) is 5.91 Å². The molecule has 0 aromatic carbocycles. The normalized spacial score (nSPS) is 11.9. The lowest BCUT2D eigenvalue weighted by atomic mass is 10.3. The molecule has 5 heteroatoms. The number of hydrogen-bond donors (Lipinski definition) is 2. The van der Waals surface area contributed by atoms with E-state index in [0.717, 1.165) is 0 Å². The summed E-state index contributed by atoms with van der Waals surface area (Å²) in [5.41, 5.74) is 4.81. The zero-order valence-electron chi connectivity index (χ0n) is 6.92. The third-order valence-corrected chi connectivity index (χ3v) is 1.17. The van der Waals surface area contributed by atoms with Crippen molar-refractivity contribution in [3.05, 3.63) is 0 Å². The second kappa shape index (κ2) is 3.80. The van der Waals surface area contributed by atoms with Crippen LogP contribution in [0.25, 0.3) is 0 Å². The molecule has 0 saturated carbocycles. The van der Waals surface area contributed by atoms with Crippen molar-refractivity contribution in [2.45, 2.75) is 13.0 Å². The molecule has 0 aliphatic carbocycles. The summed E-state index contributed by atoms with van der Waals surface area (Å²) in [5, 5.41) is 2.27. The van der Waals surface area contributed by atoms with Gasteiger partial charge < -0.3 is 16.0 Å². The summed E-state index contributed by atoms with van der Waals surface area (Å²) in [6.07, 6.45) is 0. The molecule has 64 valence electrons. The van der Waals surface area contributed by atoms with Crippen LogP contribution in [-0.2, 0) is 4.79 Å². The van der Waals surface area contributed by atoms with E-state index in [2.05, 4.69) is 5.32 Å². The lowest BCUT2D eigenvalue weighted by molar-refractivity contribution is -0.130. The molecule has 3 N–H and O–H groups in total. The Hall–Kier alpha value is -1.26. The number of nitrogens with one attached hydrogen (secondary N) is 1. The monoisotopic (exact) mass is 159 g/mol. The maximum Gasteiger partial charge on any atom is 0.312 e. The Kier molecular flexibility index (Phi) is 3.36. The zero-order valence-corrected chi connectivity index (χ0v) is 6.92. The number of nitrogens with zero attached hydrogens (tertiary/aromatic N) is 1. The van der Waals surface area contributed by atoms with Crippen LogP contribution in [0.5, 0.6) is 0 Å². The summed E-state index contributed by atoms with van der Waals surface area (Å²) in [4.78, 5) is 22.7. The second-order valence-electron chi connectivity index (χ2n) is 2.46. The van der Waals surface area contributed by atoms with Crippen molar-refractivity contribution in [2.75, 3.05) is 14.1 Å². The number of carbonyl (C=O) groups is 2. The minimum Gasteiger partial charge on any atom is -0.352 e. The maximum absolute atomic E-state index is 11.0. The van der Waals surface area contributed by atoms with Gasteiger partial charge >= 0.3 is 6.03 Å². The molecular formula is C6H13N3O2. The molecule has 0 aromatic heterocycles. The number of urea groups is 1. The molecular weight excluding hydrogens is 146 g/mol. The Morgan fingerprint density at radius 1 is 1.45 bits per heavy atom. The molecule has 0 saturated heterocycles. The first-order valence-corrected chi connectivity index (χ1v) is 3.22. The molecule has 0 fully saturated rings. The van der Waals surface area contributed by atoms with Gasteiger partial charge in [-0.25, -0.2) is 4.79 Å². The van der Waals surface area contributed by atoms with Crippen molar-refractivity contribution in [1.29, 1.82) is 0 Å². The summed E-state index contributed by atoms with van der Waals surface area (Å²) in [5.74, 6) is -0.177. The largest absolute Gasteiger partial charge is 0.352 e. The zero-order chi connectivity index (χ0) is 9.02. The fraction of sp³-hybridized carbons (Fsp3) is 0.667. The van der Waals surface area contributed by atoms with Crippen LogP contribution in [0.2, 0.25) is 0 Å². The van der Waals surface area contributed by atoms with Crippen LogP contribution in [0.15, 0.2) is 0 Å². The third kappa shape index (κ3) is 3.44. The molecule has 1 unspecified atom stereocenters. The van der Waals surface area contributed by atoms with E-state index in [-0.39, 0.29) is 5.91 Å². The molecule has 0 aromatic rings. The average molecular weight is 159 g/mol. The summed E-state index contributed by atoms with van der Waals surface area (Å²) in [6, 6.07) is -1.24. The van der Waals surface area contributed by atoms with Gasteiger partial charge in [-0.2, -0.15) is 0 Å². The minimum atomic E-state index is -0.687. The van der Waals surface area contributed by atoms with Crippen LogP contribution in [0.1, 0.15) is 6.92 Å². The lowest BCUT2D eigenvalue weighted by Crippen LogP contribution is -2.46. The van der Waals surface area contributed by atoms with E-state index < -0.39 is 12.1 Å². The van der Waals surface area contributed by atoms with Crippen LogP contribution in [-0.4, -0.2) is 37.0 Å². The fourth-order valence-electron chi connectivity index (χ4n) is 0.662. The molecule has 0 spiro atoms. The Labute approximate surface area is 65.5 Å². The number of rotatable bonds is 2. The molecule has 0 radical (unpaired) electrons. The molecule has 1 atom stereocenters. The molecule has 0 heterocycles. The number of amides is 3. The van der Waals surface area contributed by atoms with Crippen molar-refractivity contribution in [3.63, 3.8) is 0 Å².